The number of fused-ring (bicyclic) bond motifs is 2. The van der Waals surface area contributed by atoms with Gasteiger partial charge in [-0.25, -0.2) is 4.52 Å². The van der Waals surface area contributed by atoms with Crippen LogP contribution in [-0.4, -0.2) is 36.8 Å². The van der Waals surface area contributed by atoms with Crippen molar-refractivity contribution in [2.45, 2.75) is 32.2 Å². The second kappa shape index (κ2) is 5.66. The van der Waals surface area contributed by atoms with Crippen molar-refractivity contribution in [2.24, 2.45) is 5.92 Å². The molecule has 8 heteroatoms. The summed E-state index contributed by atoms with van der Waals surface area (Å²) in [5.74, 6) is 1.18. The molecule has 2 aliphatic rings. The molecule has 5 rings (SSSR count). The molecule has 1 fully saturated rings. The Morgan fingerprint density at radius 2 is 2.15 bits per heavy atom. The lowest BCUT2D eigenvalue weighted by molar-refractivity contribution is -0.118. The highest BCUT2D eigenvalue weighted by molar-refractivity contribution is 6.02. The van der Waals surface area contributed by atoms with Crippen LogP contribution < -0.4 is 4.90 Å². The third-order valence-corrected chi connectivity index (χ3v) is 5.26. The monoisotopic (exact) mass is 347 g/mol. The minimum Gasteiger partial charge on any atom is -0.311 e. The molecule has 0 spiro atoms. The maximum Gasteiger partial charge on any atom is 0.244 e. The molecular weight excluding hydrogens is 330 g/mol. The zero-order valence-electron chi connectivity index (χ0n) is 14.2. The Balaban J connectivity index is 1.60. The van der Waals surface area contributed by atoms with Gasteiger partial charge in [-0.3, -0.25) is 4.79 Å². The highest BCUT2D eigenvalue weighted by Gasteiger charge is 2.33. The Morgan fingerprint density at radius 1 is 1.23 bits per heavy atom. The van der Waals surface area contributed by atoms with Gasteiger partial charge in [-0.05, 0) is 31.4 Å². The summed E-state index contributed by atoms with van der Waals surface area (Å²) in [5.41, 5.74) is 2.56. The van der Waals surface area contributed by atoms with Crippen LogP contribution in [0.3, 0.4) is 0 Å². The second-order valence-electron chi connectivity index (χ2n) is 6.78. The summed E-state index contributed by atoms with van der Waals surface area (Å²) in [7, 11) is 0. The standard InChI is InChI=1S/C18H17N7O/c19-10-12-5-8-23(18(12)26)14-4-6-20-25-11-13(9-15(14)25)17-22-21-16-3-1-2-7-24(16)17/h4,6,9,11-12H,1-3,5,7-8H2. The highest BCUT2D eigenvalue weighted by atomic mass is 16.2. The van der Waals surface area contributed by atoms with Crippen LogP contribution in [0.5, 0.6) is 0 Å². The number of nitriles is 1. The summed E-state index contributed by atoms with van der Waals surface area (Å²) in [4.78, 5) is 14.1. The molecule has 8 nitrogen and oxygen atoms in total. The molecule has 1 unspecified atom stereocenters. The van der Waals surface area contributed by atoms with Crippen LogP contribution in [0.4, 0.5) is 5.69 Å². The van der Waals surface area contributed by atoms with Gasteiger partial charge in [-0.2, -0.15) is 10.4 Å². The zero-order chi connectivity index (χ0) is 17.7. The zero-order valence-corrected chi connectivity index (χ0v) is 14.2. The molecule has 3 aromatic heterocycles. The van der Waals surface area contributed by atoms with Crippen LogP contribution in [-0.2, 0) is 17.8 Å². The molecule has 1 amide bonds. The second-order valence-corrected chi connectivity index (χ2v) is 6.78. The van der Waals surface area contributed by atoms with Gasteiger partial charge in [-0.15, -0.1) is 10.2 Å². The molecular formula is C18H17N7O. The number of carbonyl (C=O) groups is 1. The minimum atomic E-state index is -0.554. The number of hydrogen-bond acceptors (Lipinski definition) is 5. The average molecular weight is 347 g/mol. The molecule has 5 heterocycles. The van der Waals surface area contributed by atoms with Gasteiger partial charge in [0.1, 0.15) is 11.7 Å². The first-order chi connectivity index (χ1) is 12.8. The predicted molar refractivity (Wildman–Crippen MR) is 93.2 cm³/mol. The number of nitrogens with zero attached hydrogens (tertiary/aromatic N) is 7. The van der Waals surface area contributed by atoms with Gasteiger partial charge < -0.3 is 9.47 Å². The van der Waals surface area contributed by atoms with E-state index in [1.165, 1.54) is 0 Å². The third kappa shape index (κ3) is 2.13. The summed E-state index contributed by atoms with van der Waals surface area (Å²) in [6, 6.07) is 5.92. The van der Waals surface area contributed by atoms with E-state index in [0.29, 0.717) is 13.0 Å². The van der Waals surface area contributed by atoms with E-state index in [1.807, 2.05) is 18.3 Å². The molecule has 0 aliphatic carbocycles. The topological polar surface area (TPSA) is 92.1 Å². The molecule has 1 atom stereocenters. The predicted octanol–water partition coefficient (Wildman–Crippen LogP) is 1.81. The fourth-order valence-corrected chi connectivity index (χ4v) is 3.91. The minimum absolute atomic E-state index is 0.136. The van der Waals surface area contributed by atoms with Crippen molar-refractivity contribution in [1.82, 2.24) is 24.4 Å². The fourth-order valence-electron chi connectivity index (χ4n) is 3.91. The van der Waals surface area contributed by atoms with E-state index in [1.54, 1.807) is 15.6 Å². The molecule has 0 aromatic carbocycles. The summed E-state index contributed by atoms with van der Waals surface area (Å²) < 4.78 is 3.94. The Morgan fingerprint density at radius 3 is 3.00 bits per heavy atom. The van der Waals surface area contributed by atoms with Gasteiger partial charge in [0, 0.05) is 37.5 Å². The maximum absolute atomic E-state index is 12.5. The van der Waals surface area contributed by atoms with Crippen molar-refractivity contribution >= 4 is 17.1 Å². The highest BCUT2D eigenvalue weighted by Crippen LogP contribution is 2.32. The van der Waals surface area contributed by atoms with E-state index in [2.05, 4.69) is 25.9 Å². The van der Waals surface area contributed by atoms with Crippen molar-refractivity contribution in [1.29, 1.82) is 5.26 Å². The lowest BCUT2D eigenvalue weighted by Crippen LogP contribution is -2.27. The molecule has 0 N–H and O–H groups in total. The van der Waals surface area contributed by atoms with Crippen molar-refractivity contribution < 1.29 is 4.79 Å². The normalized spacial score (nSPS) is 19.7. The molecule has 1 saturated heterocycles. The van der Waals surface area contributed by atoms with Gasteiger partial charge in [0.25, 0.3) is 0 Å². The summed E-state index contributed by atoms with van der Waals surface area (Å²) in [6.45, 7) is 1.48. The number of amides is 1. The molecule has 2 aliphatic heterocycles. The fraction of sp³-hybridized carbons (Fsp3) is 0.389. The van der Waals surface area contributed by atoms with Crippen molar-refractivity contribution in [3.8, 4) is 17.5 Å². The number of aryl methyl sites for hydroxylation is 1. The van der Waals surface area contributed by atoms with Crippen molar-refractivity contribution in [3.05, 3.63) is 30.4 Å². The van der Waals surface area contributed by atoms with Gasteiger partial charge in [0.05, 0.1) is 17.3 Å². The smallest absolute Gasteiger partial charge is 0.244 e. The van der Waals surface area contributed by atoms with Crippen LogP contribution >= 0.6 is 0 Å². The lowest BCUT2D eigenvalue weighted by Gasteiger charge is -2.16. The van der Waals surface area contributed by atoms with E-state index in [9.17, 15) is 4.79 Å². The third-order valence-electron chi connectivity index (χ3n) is 5.26. The molecule has 0 radical (unpaired) electrons. The lowest BCUT2D eigenvalue weighted by atomic mass is 10.1. The van der Waals surface area contributed by atoms with E-state index in [0.717, 1.165) is 54.2 Å². The first-order valence-electron chi connectivity index (χ1n) is 8.87. The number of aromatic nitrogens is 5. The van der Waals surface area contributed by atoms with E-state index >= 15 is 0 Å². The summed E-state index contributed by atoms with van der Waals surface area (Å²) in [5, 5.41) is 22.2. The molecule has 3 aromatic rings. The Labute approximate surface area is 149 Å². The number of anilines is 1. The Hall–Kier alpha value is -3.21. The Bertz CT molecular complexity index is 1060. The molecule has 0 saturated carbocycles. The molecule has 130 valence electrons. The van der Waals surface area contributed by atoms with Gasteiger partial charge >= 0.3 is 0 Å². The van der Waals surface area contributed by atoms with Crippen LogP contribution in [0.15, 0.2) is 24.5 Å². The summed E-state index contributed by atoms with van der Waals surface area (Å²) >= 11 is 0. The number of carbonyl (C=O) groups excluding carboxylic acids is 1. The number of hydrogen-bond donors (Lipinski definition) is 0. The van der Waals surface area contributed by atoms with Gasteiger partial charge in [0.2, 0.25) is 5.91 Å². The van der Waals surface area contributed by atoms with Crippen molar-refractivity contribution in [2.75, 3.05) is 11.4 Å². The van der Waals surface area contributed by atoms with Crippen molar-refractivity contribution in [3.63, 3.8) is 0 Å². The first kappa shape index (κ1) is 15.1. The van der Waals surface area contributed by atoms with Crippen LogP contribution in [0.25, 0.3) is 16.9 Å². The average Bonchev–Trinajstić information content (AvgIpc) is 3.37. The quantitative estimate of drug-likeness (QED) is 0.705. The first-order valence-corrected chi connectivity index (χ1v) is 8.87. The van der Waals surface area contributed by atoms with Crippen LogP contribution in [0.1, 0.15) is 25.1 Å². The number of rotatable bonds is 2. The van der Waals surface area contributed by atoms with E-state index < -0.39 is 5.92 Å². The maximum atomic E-state index is 12.5. The van der Waals surface area contributed by atoms with E-state index in [-0.39, 0.29) is 5.91 Å². The van der Waals surface area contributed by atoms with Gasteiger partial charge in [-0.1, -0.05) is 0 Å². The van der Waals surface area contributed by atoms with E-state index in [4.69, 9.17) is 5.26 Å². The molecule has 26 heavy (non-hydrogen) atoms. The SMILES string of the molecule is N#CC1CCN(c2ccnn3cc(-c4nnc5n4CCCC5)cc23)C1=O. The van der Waals surface area contributed by atoms with Crippen LogP contribution in [0, 0.1) is 17.2 Å². The largest absolute Gasteiger partial charge is 0.311 e. The summed E-state index contributed by atoms with van der Waals surface area (Å²) in [6.07, 6.45) is 7.41. The molecule has 0 bridgehead atoms. The Kier molecular flexibility index (Phi) is 3.28. The van der Waals surface area contributed by atoms with Crippen LogP contribution in [0.2, 0.25) is 0 Å². The van der Waals surface area contributed by atoms with Gasteiger partial charge in [0.15, 0.2) is 5.82 Å².